The molecule has 0 unspecified atom stereocenters. The zero-order valence-corrected chi connectivity index (χ0v) is 11.3. The Hall–Kier alpha value is -1.63. The van der Waals surface area contributed by atoms with Gasteiger partial charge < -0.3 is 14.4 Å². The van der Waals surface area contributed by atoms with Gasteiger partial charge in [0.2, 0.25) is 0 Å². The lowest BCUT2D eigenvalue weighted by Crippen LogP contribution is -2.45. The molecule has 0 radical (unpaired) electrons. The predicted octanol–water partition coefficient (Wildman–Crippen LogP) is 1.67. The molecule has 2 N–H and O–H groups in total. The monoisotopic (exact) mass is 277 g/mol. The lowest BCUT2D eigenvalue weighted by molar-refractivity contribution is -0.169. The lowest BCUT2D eigenvalue weighted by atomic mass is 10.0. The molecule has 0 saturated carbocycles. The summed E-state index contributed by atoms with van der Waals surface area (Å²) in [7, 11) is 0. The number of ether oxygens (including phenoxy) is 2. The smallest absolute Gasteiger partial charge is 0.171 e. The highest BCUT2D eigenvalue weighted by molar-refractivity contribution is 5.61. The summed E-state index contributed by atoms with van der Waals surface area (Å²) in [4.78, 5) is 6.35. The van der Waals surface area contributed by atoms with Gasteiger partial charge in [0.1, 0.15) is 6.34 Å². The minimum absolute atomic E-state index is 0.326. The Morgan fingerprint density at radius 2 is 1.80 bits per heavy atom. The number of piperidine rings is 1. The summed E-state index contributed by atoms with van der Waals surface area (Å²) in [6, 6.07) is 7.93. The Labute approximate surface area is 118 Å². The number of hydroxylamine groups is 1. The molecule has 1 aromatic rings. The molecule has 0 aliphatic carbocycles. The van der Waals surface area contributed by atoms with Gasteiger partial charge in [-0.15, -0.1) is 0 Å². The van der Waals surface area contributed by atoms with Crippen molar-refractivity contribution >= 4 is 17.7 Å². The molecule has 2 saturated heterocycles. The van der Waals surface area contributed by atoms with E-state index in [1.165, 1.54) is 12.0 Å². The molecule has 0 bridgehead atoms. The van der Waals surface area contributed by atoms with Crippen LogP contribution in [-0.2, 0) is 9.47 Å². The van der Waals surface area contributed by atoms with Crippen molar-refractivity contribution < 1.29 is 14.7 Å². The molecular weight excluding hydrogens is 258 g/mol. The molecule has 6 heteroatoms. The second kappa shape index (κ2) is 5.78. The zero-order valence-electron chi connectivity index (χ0n) is 11.3. The van der Waals surface area contributed by atoms with Gasteiger partial charge >= 0.3 is 0 Å². The summed E-state index contributed by atoms with van der Waals surface area (Å²) in [6.45, 7) is 3.29. The van der Waals surface area contributed by atoms with Crippen LogP contribution in [0.2, 0.25) is 0 Å². The number of rotatable bonds is 3. The highest BCUT2D eigenvalue weighted by Gasteiger charge is 2.39. The molecule has 20 heavy (non-hydrogen) atoms. The Balaban J connectivity index is 1.61. The van der Waals surface area contributed by atoms with E-state index in [0.29, 0.717) is 13.2 Å². The first-order valence-corrected chi connectivity index (χ1v) is 6.86. The summed E-state index contributed by atoms with van der Waals surface area (Å²) < 4.78 is 11.5. The maximum absolute atomic E-state index is 8.46. The normalized spacial score (nSPS) is 21.8. The van der Waals surface area contributed by atoms with Gasteiger partial charge in [0, 0.05) is 31.6 Å². The summed E-state index contributed by atoms with van der Waals surface area (Å²) in [5, 5.41) is 8.46. The van der Waals surface area contributed by atoms with E-state index in [4.69, 9.17) is 14.7 Å². The minimum Gasteiger partial charge on any atom is -0.371 e. The van der Waals surface area contributed by atoms with Gasteiger partial charge in [0.15, 0.2) is 5.79 Å². The van der Waals surface area contributed by atoms with Crippen molar-refractivity contribution in [3.8, 4) is 0 Å². The van der Waals surface area contributed by atoms with Crippen LogP contribution in [0.25, 0.3) is 0 Å². The maximum atomic E-state index is 8.46. The van der Waals surface area contributed by atoms with E-state index >= 15 is 0 Å². The van der Waals surface area contributed by atoms with Crippen LogP contribution in [0.4, 0.5) is 11.4 Å². The maximum Gasteiger partial charge on any atom is 0.171 e. The van der Waals surface area contributed by atoms with Crippen molar-refractivity contribution in [2.45, 2.75) is 18.6 Å². The molecule has 1 aromatic carbocycles. The minimum atomic E-state index is -0.326. The summed E-state index contributed by atoms with van der Waals surface area (Å²) in [6.07, 6.45) is 3.05. The van der Waals surface area contributed by atoms with Crippen LogP contribution in [0.3, 0.4) is 0 Å². The van der Waals surface area contributed by atoms with E-state index in [1.807, 2.05) is 29.7 Å². The highest BCUT2D eigenvalue weighted by Crippen LogP contribution is 2.33. The van der Waals surface area contributed by atoms with Crippen molar-refractivity contribution in [3.63, 3.8) is 0 Å². The summed E-state index contributed by atoms with van der Waals surface area (Å²) >= 11 is 0. The third kappa shape index (κ3) is 2.77. The Morgan fingerprint density at radius 1 is 1.15 bits per heavy atom. The first-order valence-electron chi connectivity index (χ1n) is 6.86. The van der Waals surface area contributed by atoms with Crippen LogP contribution < -0.4 is 10.4 Å². The number of nitrogens with one attached hydrogen (secondary N) is 1. The van der Waals surface area contributed by atoms with E-state index in [9.17, 15) is 0 Å². The fourth-order valence-electron chi connectivity index (χ4n) is 2.74. The van der Waals surface area contributed by atoms with Crippen LogP contribution >= 0.6 is 0 Å². The van der Waals surface area contributed by atoms with E-state index < -0.39 is 0 Å². The molecule has 0 amide bonds. The largest absolute Gasteiger partial charge is 0.371 e. The molecule has 0 atom stereocenters. The Morgan fingerprint density at radius 3 is 2.40 bits per heavy atom. The standard InChI is InChI=1S/C14H19N3O3/c18-16-11-15-12-1-3-13(4-2-12)17-7-5-14(6-8-17)19-9-10-20-14/h1-4,11,18H,5-10H2,(H,15,16). The van der Waals surface area contributed by atoms with Crippen molar-refractivity contribution in [3.05, 3.63) is 24.3 Å². The third-order valence-electron chi connectivity index (χ3n) is 3.83. The molecule has 0 aromatic heterocycles. The van der Waals surface area contributed by atoms with Crippen LogP contribution in [-0.4, -0.2) is 43.6 Å². The van der Waals surface area contributed by atoms with Gasteiger partial charge in [0.05, 0.1) is 18.9 Å². The van der Waals surface area contributed by atoms with Crippen LogP contribution in [0.1, 0.15) is 12.8 Å². The van der Waals surface area contributed by atoms with Gasteiger partial charge in [0.25, 0.3) is 0 Å². The molecule has 2 aliphatic rings. The van der Waals surface area contributed by atoms with Gasteiger partial charge in [-0.3, -0.25) is 10.7 Å². The molecule has 108 valence electrons. The average Bonchev–Trinajstić information content (AvgIpc) is 2.95. The highest BCUT2D eigenvalue weighted by atomic mass is 16.7. The lowest BCUT2D eigenvalue weighted by Gasteiger charge is -2.38. The van der Waals surface area contributed by atoms with Crippen molar-refractivity contribution in [1.82, 2.24) is 5.48 Å². The zero-order chi connectivity index (χ0) is 13.8. The molecule has 1 spiro atoms. The van der Waals surface area contributed by atoms with Gasteiger partial charge in [-0.1, -0.05) is 0 Å². The molecule has 2 fully saturated rings. The first kappa shape index (κ1) is 13.4. The fraction of sp³-hybridized carbons (Fsp3) is 0.500. The van der Waals surface area contributed by atoms with E-state index in [2.05, 4.69) is 9.89 Å². The van der Waals surface area contributed by atoms with Crippen molar-refractivity contribution in [1.29, 1.82) is 0 Å². The summed E-state index contributed by atoms with van der Waals surface area (Å²) in [5.41, 5.74) is 3.86. The molecule has 2 aliphatic heterocycles. The Bertz CT molecular complexity index is 459. The van der Waals surface area contributed by atoms with E-state index in [0.717, 1.165) is 31.6 Å². The fourth-order valence-corrected chi connectivity index (χ4v) is 2.74. The third-order valence-corrected chi connectivity index (χ3v) is 3.83. The van der Waals surface area contributed by atoms with Crippen LogP contribution in [0.5, 0.6) is 0 Å². The number of aliphatic imine (C=N–C) groups is 1. The van der Waals surface area contributed by atoms with Crippen molar-refractivity contribution in [2.24, 2.45) is 4.99 Å². The van der Waals surface area contributed by atoms with Crippen LogP contribution in [0.15, 0.2) is 29.3 Å². The van der Waals surface area contributed by atoms with Gasteiger partial charge in [-0.25, -0.2) is 4.99 Å². The second-order valence-corrected chi connectivity index (χ2v) is 5.00. The van der Waals surface area contributed by atoms with E-state index in [1.54, 1.807) is 0 Å². The molecule has 2 heterocycles. The number of hydrogen-bond donors (Lipinski definition) is 2. The number of anilines is 1. The second-order valence-electron chi connectivity index (χ2n) is 5.00. The summed E-state index contributed by atoms with van der Waals surface area (Å²) in [5.74, 6) is -0.326. The molecule has 6 nitrogen and oxygen atoms in total. The first-order chi connectivity index (χ1) is 9.81. The number of hydrogen-bond acceptors (Lipinski definition) is 5. The number of nitrogens with zero attached hydrogens (tertiary/aromatic N) is 2. The SMILES string of the molecule is ONC=Nc1ccc(N2CCC3(CC2)OCCO3)cc1. The average molecular weight is 277 g/mol. The van der Waals surface area contributed by atoms with Crippen molar-refractivity contribution in [2.75, 3.05) is 31.2 Å². The van der Waals surface area contributed by atoms with E-state index in [-0.39, 0.29) is 5.79 Å². The van der Waals surface area contributed by atoms with Gasteiger partial charge in [-0.2, -0.15) is 0 Å². The van der Waals surface area contributed by atoms with Crippen LogP contribution in [0, 0.1) is 0 Å². The van der Waals surface area contributed by atoms with Gasteiger partial charge in [-0.05, 0) is 24.3 Å². The Kier molecular flexibility index (Phi) is 3.86. The quantitative estimate of drug-likeness (QED) is 0.500. The number of benzene rings is 1. The topological polar surface area (TPSA) is 66.3 Å². The molecule has 3 rings (SSSR count). The molecular formula is C14H19N3O3. The predicted molar refractivity (Wildman–Crippen MR) is 75.6 cm³/mol.